The fraction of sp³-hybridized carbons (Fsp3) is 0.522. The maximum atomic E-state index is 13.8. The van der Waals surface area contributed by atoms with E-state index in [1.54, 1.807) is 0 Å². The van der Waals surface area contributed by atoms with Gasteiger partial charge in [-0.1, -0.05) is 75.4 Å². The summed E-state index contributed by atoms with van der Waals surface area (Å²) in [6, 6.07) is 32.2. The SMILES string of the molecule is C[C@H](CCC(=O)OCCC(F)(F)C(F)(F)S(=O)(=O)[O-])[C@H]1CC[C@@H]2[C@@H]3C(=O)CC4CC(=O)CC[C@]4(C)[C@@H]3CC(=O)[C@@]21C.c1ccc([S+](c2ccccc2)c2ccccc2)cc1. The first-order chi connectivity index (χ1) is 28.2. The molecule has 60 heavy (non-hydrogen) atoms. The Morgan fingerprint density at radius 1 is 0.833 bits per heavy atom. The lowest BCUT2D eigenvalue weighted by molar-refractivity contribution is -0.175. The number of Topliss-reactive ketones (excluding diaryl/α,β-unsaturated/α-hetero) is 3. The zero-order valence-corrected chi connectivity index (χ0v) is 35.6. The van der Waals surface area contributed by atoms with Crippen LogP contribution in [0.1, 0.15) is 85.0 Å². The van der Waals surface area contributed by atoms with E-state index >= 15 is 0 Å². The molecule has 0 saturated heterocycles. The standard InChI is InChI=1S/C28H38F4O8S.C18H15S/c1-15(4-7-23(36)40-11-10-27(29,30)28(31,32)41(37,38)39)18-5-6-19-24-20(14-22(35)26(18,19)3)25(2)9-8-17(33)12-16(25)13-21(24)34;1-4-10-16(11-5-1)19(17-12-6-2-7-13-17)18-14-8-3-9-15-18/h15-16,18-20,24H,4-14H2,1-3H3,(H,37,38,39);1-15H/q;+1/p-1/t15-,16?,18-,19-,20-,24+,25+,26-;/m1./s1. The molecule has 14 heteroatoms. The highest BCUT2D eigenvalue weighted by molar-refractivity contribution is 7.97. The molecule has 8 atom stereocenters. The number of alkyl halides is 4. The van der Waals surface area contributed by atoms with E-state index in [1.807, 2.05) is 13.8 Å². The number of benzene rings is 3. The van der Waals surface area contributed by atoms with E-state index in [2.05, 4.69) is 103 Å². The van der Waals surface area contributed by atoms with Gasteiger partial charge in [-0.3, -0.25) is 19.2 Å². The van der Waals surface area contributed by atoms with E-state index in [0.29, 0.717) is 38.5 Å². The van der Waals surface area contributed by atoms with Gasteiger partial charge in [0.2, 0.25) is 0 Å². The van der Waals surface area contributed by atoms with E-state index in [1.165, 1.54) is 14.7 Å². The normalized spacial score (nSPS) is 28.5. The topological polar surface area (TPSA) is 135 Å². The van der Waals surface area contributed by atoms with Gasteiger partial charge in [0.25, 0.3) is 0 Å². The van der Waals surface area contributed by atoms with Crippen molar-refractivity contribution in [2.75, 3.05) is 6.61 Å². The molecule has 0 amide bonds. The number of rotatable bonds is 12. The zero-order valence-electron chi connectivity index (χ0n) is 34.0. The third kappa shape index (κ3) is 8.88. The summed E-state index contributed by atoms with van der Waals surface area (Å²) in [7, 11) is -6.64. The van der Waals surface area contributed by atoms with Crippen molar-refractivity contribution in [1.29, 1.82) is 0 Å². The summed E-state index contributed by atoms with van der Waals surface area (Å²) in [5, 5.41) is -5.84. The lowest BCUT2D eigenvalue weighted by atomic mass is 9.44. The number of carbonyl (C=O) groups excluding carboxylic acids is 4. The van der Waals surface area contributed by atoms with E-state index in [4.69, 9.17) is 0 Å². The van der Waals surface area contributed by atoms with E-state index in [9.17, 15) is 49.7 Å². The highest BCUT2D eigenvalue weighted by Gasteiger charge is 2.66. The molecule has 0 aliphatic heterocycles. The van der Waals surface area contributed by atoms with E-state index < -0.39 is 45.7 Å². The Morgan fingerprint density at radius 3 is 1.88 bits per heavy atom. The van der Waals surface area contributed by atoms with Crippen LogP contribution in [0.25, 0.3) is 0 Å². The molecule has 4 aliphatic rings. The number of ketones is 3. The molecule has 0 radical (unpaired) electrons. The maximum absolute atomic E-state index is 13.8. The summed E-state index contributed by atoms with van der Waals surface area (Å²) < 4.78 is 89.8. The number of esters is 1. The average molecular weight is 873 g/mol. The summed E-state index contributed by atoms with van der Waals surface area (Å²) in [4.78, 5) is 55.7. The van der Waals surface area contributed by atoms with Crippen LogP contribution in [0.2, 0.25) is 0 Å². The Labute approximate surface area is 352 Å². The van der Waals surface area contributed by atoms with Gasteiger partial charge in [-0.2, -0.15) is 17.6 Å². The summed E-state index contributed by atoms with van der Waals surface area (Å²) in [6.07, 6.45) is 1.64. The molecule has 0 N–H and O–H groups in total. The van der Waals surface area contributed by atoms with Gasteiger partial charge in [0.15, 0.2) is 24.8 Å². The van der Waals surface area contributed by atoms with Crippen LogP contribution < -0.4 is 0 Å². The zero-order chi connectivity index (χ0) is 43.7. The number of ether oxygens (including phenoxy) is 1. The van der Waals surface area contributed by atoms with E-state index in [0.717, 1.165) is 0 Å². The van der Waals surface area contributed by atoms with Gasteiger partial charge in [-0.15, -0.1) is 0 Å². The molecular formula is C46H52F4O8S2. The maximum Gasteiger partial charge on any atom is 0.396 e. The van der Waals surface area contributed by atoms with Gasteiger partial charge in [0, 0.05) is 43.4 Å². The van der Waals surface area contributed by atoms with Crippen LogP contribution in [-0.2, 0) is 44.9 Å². The highest BCUT2D eigenvalue weighted by Crippen LogP contribution is 2.66. The molecule has 4 fully saturated rings. The van der Waals surface area contributed by atoms with Crippen molar-refractivity contribution in [2.24, 2.45) is 46.3 Å². The van der Waals surface area contributed by atoms with Gasteiger partial charge in [0.1, 0.15) is 17.3 Å². The average Bonchev–Trinajstić information content (AvgIpc) is 3.57. The summed E-state index contributed by atoms with van der Waals surface area (Å²) in [6.45, 7) is 4.69. The highest BCUT2D eigenvalue weighted by atomic mass is 32.2. The van der Waals surface area contributed by atoms with Crippen LogP contribution in [0, 0.1) is 46.3 Å². The fourth-order valence-electron chi connectivity index (χ4n) is 10.7. The number of hydrogen-bond donors (Lipinski definition) is 0. The minimum atomic E-state index is -6.62. The molecule has 4 aliphatic carbocycles. The Kier molecular flexibility index (Phi) is 13.6. The molecule has 0 aromatic heterocycles. The van der Waals surface area contributed by atoms with Gasteiger partial charge >= 0.3 is 17.1 Å². The van der Waals surface area contributed by atoms with Crippen molar-refractivity contribution in [1.82, 2.24) is 0 Å². The largest absolute Gasteiger partial charge is 0.743 e. The molecule has 324 valence electrons. The van der Waals surface area contributed by atoms with Gasteiger partial charge in [0.05, 0.1) is 23.9 Å². The second kappa shape index (κ2) is 17.8. The van der Waals surface area contributed by atoms with Crippen molar-refractivity contribution in [3.05, 3.63) is 91.0 Å². The molecule has 3 aromatic rings. The van der Waals surface area contributed by atoms with Crippen LogP contribution in [0.15, 0.2) is 106 Å². The van der Waals surface area contributed by atoms with Crippen LogP contribution in [0.3, 0.4) is 0 Å². The second-order valence-electron chi connectivity index (χ2n) is 17.4. The van der Waals surface area contributed by atoms with Crippen LogP contribution in [0.4, 0.5) is 17.6 Å². The summed E-state index contributed by atoms with van der Waals surface area (Å²) >= 11 is 0. The molecule has 3 aromatic carbocycles. The van der Waals surface area contributed by atoms with Crippen LogP contribution in [0.5, 0.6) is 0 Å². The van der Waals surface area contributed by atoms with Crippen molar-refractivity contribution >= 4 is 44.3 Å². The number of halogens is 4. The molecule has 8 nitrogen and oxygen atoms in total. The monoisotopic (exact) mass is 872 g/mol. The Hall–Kier alpha value is -3.88. The number of hydrogen-bond acceptors (Lipinski definition) is 8. The van der Waals surface area contributed by atoms with Crippen LogP contribution >= 0.6 is 0 Å². The lowest BCUT2D eigenvalue weighted by Crippen LogP contribution is -2.60. The lowest BCUT2D eigenvalue weighted by Gasteiger charge is -2.58. The number of carbonyl (C=O) groups is 4. The molecule has 1 unspecified atom stereocenters. The quantitative estimate of drug-likeness (QED) is 0.0761. The minimum absolute atomic E-state index is 0.0146. The van der Waals surface area contributed by atoms with Crippen molar-refractivity contribution in [3.63, 3.8) is 0 Å². The smallest absolute Gasteiger partial charge is 0.396 e. The Morgan fingerprint density at radius 2 is 1.37 bits per heavy atom. The number of fused-ring (bicyclic) bond motifs is 5. The molecule has 0 spiro atoms. The first-order valence-corrected chi connectivity index (χ1v) is 23.2. The molecule has 0 bridgehead atoms. The van der Waals surface area contributed by atoms with Gasteiger partial charge < -0.3 is 9.29 Å². The third-order valence-electron chi connectivity index (χ3n) is 14.1. The van der Waals surface area contributed by atoms with Crippen molar-refractivity contribution < 1.29 is 54.4 Å². The Bertz CT molecular complexity index is 2040. The van der Waals surface area contributed by atoms with Crippen molar-refractivity contribution in [3.8, 4) is 0 Å². The van der Waals surface area contributed by atoms with E-state index in [-0.39, 0.29) is 88.4 Å². The predicted octanol–water partition coefficient (Wildman–Crippen LogP) is 9.48. The molecular weight excluding hydrogens is 821 g/mol. The third-order valence-corrected chi connectivity index (χ3v) is 17.2. The summed E-state index contributed by atoms with van der Waals surface area (Å²) in [5.41, 5.74) is -1.01. The van der Waals surface area contributed by atoms with Crippen molar-refractivity contribution in [2.45, 2.75) is 111 Å². The minimum Gasteiger partial charge on any atom is -0.743 e. The first kappa shape index (κ1) is 45.6. The fourth-order valence-corrected chi connectivity index (χ4v) is 13.3. The predicted molar refractivity (Wildman–Crippen MR) is 216 cm³/mol. The summed E-state index contributed by atoms with van der Waals surface area (Å²) in [5.74, 6) is -6.63. The molecule has 7 rings (SSSR count). The molecule has 4 saturated carbocycles. The molecule has 0 heterocycles. The second-order valence-corrected chi connectivity index (χ2v) is 20.8. The Balaban J connectivity index is 0.000000263. The first-order valence-electron chi connectivity index (χ1n) is 20.6. The van der Waals surface area contributed by atoms with Gasteiger partial charge in [-0.05, 0) is 97.1 Å². The van der Waals surface area contributed by atoms with Crippen LogP contribution in [-0.4, -0.2) is 54.1 Å². The van der Waals surface area contributed by atoms with Gasteiger partial charge in [-0.25, -0.2) is 8.42 Å².